The van der Waals surface area contributed by atoms with Gasteiger partial charge in [-0.1, -0.05) is 17.7 Å². The number of methoxy groups -OCH3 is 1. The Labute approximate surface area is 152 Å². The van der Waals surface area contributed by atoms with Gasteiger partial charge in [0.25, 0.3) is 0 Å². The monoisotopic (exact) mass is 362 g/mol. The molecule has 1 aliphatic rings. The molecule has 2 aromatic rings. The molecule has 1 N–H and O–H groups in total. The highest BCUT2D eigenvalue weighted by molar-refractivity contribution is 7.80. The molecule has 0 saturated carbocycles. The van der Waals surface area contributed by atoms with Gasteiger partial charge < -0.3 is 19.9 Å². The lowest BCUT2D eigenvalue weighted by Crippen LogP contribution is -2.50. The normalized spacial score (nSPS) is 14.4. The van der Waals surface area contributed by atoms with E-state index in [-0.39, 0.29) is 0 Å². The summed E-state index contributed by atoms with van der Waals surface area (Å²) in [5.74, 6) is 1.72. The number of thiocarbonyl (C=S) groups is 1. The van der Waals surface area contributed by atoms with E-state index in [1.165, 1.54) is 0 Å². The lowest BCUT2D eigenvalue weighted by Gasteiger charge is -2.36. The minimum absolute atomic E-state index is 0.640. The van der Waals surface area contributed by atoms with Crippen molar-refractivity contribution in [1.82, 2.24) is 9.88 Å². The molecule has 126 valence electrons. The number of pyridine rings is 1. The van der Waals surface area contributed by atoms with Gasteiger partial charge in [0.1, 0.15) is 11.6 Å². The van der Waals surface area contributed by atoms with Crippen molar-refractivity contribution >= 4 is 40.4 Å². The average molecular weight is 363 g/mol. The third-order valence-corrected chi connectivity index (χ3v) is 4.54. The molecule has 7 heteroatoms. The largest absolute Gasteiger partial charge is 0.495 e. The molecule has 2 heterocycles. The van der Waals surface area contributed by atoms with Gasteiger partial charge in [-0.05, 0) is 42.5 Å². The van der Waals surface area contributed by atoms with Crippen molar-refractivity contribution in [3.8, 4) is 5.75 Å². The van der Waals surface area contributed by atoms with E-state index < -0.39 is 0 Å². The van der Waals surface area contributed by atoms with Gasteiger partial charge in [-0.25, -0.2) is 4.98 Å². The van der Waals surface area contributed by atoms with E-state index in [4.69, 9.17) is 28.6 Å². The first-order valence-corrected chi connectivity index (χ1v) is 8.51. The predicted octanol–water partition coefficient (Wildman–Crippen LogP) is 3.26. The molecule has 0 radical (unpaired) electrons. The highest BCUT2D eigenvalue weighted by atomic mass is 35.5. The van der Waals surface area contributed by atoms with E-state index in [2.05, 4.69) is 20.1 Å². The van der Waals surface area contributed by atoms with Crippen LogP contribution in [0.4, 0.5) is 11.5 Å². The van der Waals surface area contributed by atoms with Crippen LogP contribution in [0.1, 0.15) is 0 Å². The number of piperazine rings is 1. The maximum atomic E-state index is 6.06. The van der Waals surface area contributed by atoms with Gasteiger partial charge in [-0.2, -0.15) is 0 Å². The Kier molecular flexibility index (Phi) is 5.37. The predicted molar refractivity (Wildman–Crippen MR) is 102 cm³/mol. The van der Waals surface area contributed by atoms with E-state index >= 15 is 0 Å². The number of benzene rings is 1. The molecule has 1 fully saturated rings. The molecular formula is C17H19ClN4OS. The van der Waals surface area contributed by atoms with Crippen molar-refractivity contribution in [1.29, 1.82) is 0 Å². The molecule has 0 spiro atoms. The van der Waals surface area contributed by atoms with E-state index in [1.807, 2.05) is 36.5 Å². The fourth-order valence-electron chi connectivity index (χ4n) is 2.65. The lowest BCUT2D eigenvalue weighted by molar-refractivity contribution is 0.389. The zero-order valence-corrected chi connectivity index (χ0v) is 15.0. The number of hydrogen-bond acceptors (Lipinski definition) is 4. The van der Waals surface area contributed by atoms with Crippen LogP contribution >= 0.6 is 23.8 Å². The van der Waals surface area contributed by atoms with Crippen LogP contribution in [0.3, 0.4) is 0 Å². The zero-order valence-electron chi connectivity index (χ0n) is 13.4. The van der Waals surface area contributed by atoms with Crippen molar-refractivity contribution in [2.45, 2.75) is 0 Å². The molecule has 1 aliphatic heterocycles. The van der Waals surface area contributed by atoms with E-state index in [9.17, 15) is 0 Å². The summed E-state index contributed by atoms with van der Waals surface area (Å²) in [6.45, 7) is 3.44. The van der Waals surface area contributed by atoms with Crippen LogP contribution in [0.15, 0.2) is 42.6 Å². The minimum atomic E-state index is 0.640. The lowest BCUT2D eigenvalue weighted by atomic mass is 10.3. The molecule has 0 amide bonds. The maximum absolute atomic E-state index is 6.06. The first-order valence-electron chi connectivity index (χ1n) is 7.73. The number of ether oxygens (including phenoxy) is 1. The Hall–Kier alpha value is -2.05. The molecule has 1 saturated heterocycles. The number of nitrogens with one attached hydrogen (secondary N) is 1. The quantitative estimate of drug-likeness (QED) is 0.845. The standard InChI is InChI=1S/C17H19ClN4OS/c1-23-15-6-5-13(18)12-14(15)20-17(24)22-10-8-21(9-11-22)16-4-2-3-7-19-16/h2-7,12H,8-11H2,1H3,(H,20,24). The summed E-state index contributed by atoms with van der Waals surface area (Å²) in [4.78, 5) is 8.81. The SMILES string of the molecule is COc1ccc(Cl)cc1NC(=S)N1CCN(c2ccccn2)CC1. The second-order valence-corrected chi connectivity index (χ2v) is 6.26. The minimum Gasteiger partial charge on any atom is -0.495 e. The summed E-state index contributed by atoms with van der Waals surface area (Å²) in [6, 6.07) is 11.4. The first-order chi connectivity index (χ1) is 11.7. The summed E-state index contributed by atoms with van der Waals surface area (Å²) in [7, 11) is 1.63. The highest BCUT2D eigenvalue weighted by Crippen LogP contribution is 2.28. The van der Waals surface area contributed by atoms with Crippen LogP contribution in [0.2, 0.25) is 5.02 Å². The summed E-state index contributed by atoms with van der Waals surface area (Å²) < 4.78 is 5.35. The number of anilines is 2. The van der Waals surface area contributed by atoms with Crippen molar-refractivity contribution in [2.24, 2.45) is 0 Å². The molecule has 1 aromatic heterocycles. The van der Waals surface area contributed by atoms with Crippen molar-refractivity contribution < 1.29 is 4.74 Å². The summed E-state index contributed by atoms with van der Waals surface area (Å²) >= 11 is 11.6. The van der Waals surface area contributed by atoms with Gasteiger partial charge in [0.05, 0.1) is 12.8 Å². The van der Waals surface area contributed by atoms with Crippen LogP contribution in [0, 0.1) is 0 Å². The van der Waals surface area contributed by atoms with Gasteiger partial charge in [0.15, 0.2) is 5.11 Å². The third-order valence-electron chi connectivity index (χ3n) is 3.94. The first kappa shape index (κ1) is 16.8. The number of rotatable bonds is 3. The Bertz CT molecular complexity index is 705. The number of halogens is 1. The molecular weight excluding hydrogens is 344 g/mol. The van der Waals surface area contributed by atoms with Gasteiger partial charge >= 0.3 is 0 Å². The number of nitrogens with zero attached hydrogens (tertiary/aromatic N) is 3. The van der Waals surface area contributed by atoms with Crippen molar-refractivity contribution in [3.05, 3.63) is 47.6 Å². The Morgan fingerprint density at radius 2 is 2.00 bits per heavy atom. The smallest absolute Gasteiger partial charge is 0.173 e. The molecule has 0 bridgehead atoms. The highest BCUT2D eigenvalue weighted by Gasteiger charge is 2.20. The molecule has 5 nitrogen and oxygen atoms in total. The van der Waals surface area contributed by atoms with Crippen LogP contribution < -0.4 is 15.0 Å². The molecule has 0 atom stereocenters. The van der Waals surface area contributed by atoms with Crippen LogP contribution in [0.25, 0.3) is 0 Å². The topological polar surface area (TPSA) is 40.6 Å². The number of aromatic nitrogens is 1. The van der Waals surface area contributed by atoms with Gasteiger partial charge in [0, 0.05) is 37.4 Å². The molecule has 24 heavy (non-hydrogen) atoms. The summed E-state index contributed by atoms with van der Waals surface area (Å²) in [5.41, 5.74) is 0.780. The molecule has 3 rings (SSSR count). The summed E-state index contributed by atoms with van der Waals surface area (Å²) in [5, 5.41) is 4.56. The number of hydrogen-bond donors (Lipinski definition) is 1. The van der Waals surface area contributed by atoms with Crippen LogP contribution in [0.5, 0.6) is 5.75 Å². The maximum Gasteiger partial charge on any atom is 0.173 e. The second kappa shape index (κ2) is 7.68. The third kappa shape index (κ3) is 3.88. The average Bonchev–Trinajstić information content (AvgIpc) is 2.63. The molecule has 1 aromatic carbocycles. The van der Waals surface area contributed by atoms with Gasteiger partial charge in [0.2, 0.25) is 0 Å². The molecule has 0 aliphatic carbocycles. The van der Waals surface area contributed by atoms with Gasteiger partial charge in [-0.15, -0.1) is 0 Å². The van der Waals surface area contributed by atoms with E-state index in [1.54, 1.807) is 13.2 Å². The molecule has 0 unspecified atom stereocenters. The fraction of sp³-hybridized carbons (Fsp3) is 0.294. The van der Waals surface area contributed by atoms with E-state index in [0.717, 1.165) is 37.7 Å². The van der Waals surface area contributed by atoms with E-state index in [0.29, 0.717) is 15.9 Å². The Morgan fingerprint density at radius 1 is 1.21 bits per heavy atom. The zero-order chi connectivity index (χ0) is 16.9. The second-order valence-electron chi connectivity index (χ2n) is 5.44. The van der Waals surface area contributed by atoms with Crippen LogP contribution in [-0.2, 0) is 0 Å². The van der Waals surface area contributed by atoms with Crippen molar-refractivity contribution in [2.75, 3.05) is 43.5 Å². The van der Waals surface area contributed by atoms with Crippen LogP contribution in [-0.4, -0.2) is 48.3 Å². The Morgan fingerprint density at radius 3 is 2.67 bits per heavy atom. The van der Waals surface area contributed by atoms with Gasteiger partial charge in [-0.3, -0.25) is 0 Å². The van der Waals surface area contributed by atoms with Crippen molar-refractivity contribution in [3.63, 3.8) is 0 Å². The Balaban J connectivity index is 1.61. The fourth-order valence-corrected chi connectivity index (χ4v) is 3.12. The summed E-state index contributed by atoms with van der Waals surface area (Å²) in [6.07, 6.45) is 1.82.